The Labute approximate surface area is 144 Å². The molecule has 3 rings (SSSR count). The zero-order valence-electron chi connectivity index (χ0n) is 13.6. The van der Waals surface area contributed by atoms with Crippen molar-refractivity contribution in [1.82, 2.24) is 9.88 Å². The number of nitrogens with zero attached hydrogens (tertiary/aromatic N) is 1. The Bertz CT molecular complexity index is 934. The van der Waals surface area contributed by atoms with E-state index in [1.807, 2.05) is 30.3 Å². The summed E-state index contributed by atoms with van der Waals surface area (Å²) in [4.78, 5) is 24.3. The van der Waals surface area contributed by atoms with Gasteiger partial charge in [0.05, 0.1) is 6.04 Å². The third-order valence-electron chi connectivity index (χ3n) is 3.98. The molecule has 1 aromatic heterocycles. The molecule has 1 N–H and O–H groups in total. The lowest BCUT2D eigenvalue weighted by atomic mass is 9.98. The summed E-state index contributed by atoms with van der Waals surface area (Å²) in [7, 11) is 1.62. The highest BCUT2D eigenvalue weighted by atomic mass is 19.1. The normalized spacial score (nSPS) is 11.8. The fourth-order valence-electron chi connectivity index (χ4n) is 2.56. The molecule has 0 fully saturated rings. The second-order valence-electron chi connectivity index (χ2n) is 5.73. The standard InChI is InChI=1S/C20H17FN2O2/c1-23-12-11-16(13-18(23)24)20(25)22-19(14-5-3-2-4-6-14)15-7-9-17(21)10-8-15/h2-13,19H,1H3,(H,22,25)/t19-/m1/s1. The van der Waals surface area contributed by atoms with Gasteiger partial charge in [0.2, 0.25) is 0 Å². The maximum Gasteiger partial charge on any atom is 0.252 e. The topological polar surface area (TPSA) is 51.1 Å². The van der Waals surface area contributed by atoms with Crippen molar-refractivity contribution in [3.63, 3.8) is 0 Å². The van der Waals surface area contributed by atoms with Crippen LogP contribution in [0, 0.1) is 5.82 Å². The first-order valence-corrected chi connectivity index (χ1v) is 7.82. The Kier molecular flexibility index (Phi) is 4.75. The van der Waals surface area contributed by atoms with Gasteiger partial charge in [-0.1, -0.05) is 42.5 Å². The van der Waals surface area contributed by atoms with Crippen molar-refractivity contribution in [2.45, 2.75) is 6.04 Å². The molecule has 0 unspecified atom stereocenters. The molecule has 4 nitrogen and oxygen atoms in total. The largest absolute Gasteiger partial charge is 0.341 e. The minimum Gasteiger partial charge on any atom is -0.341 e. The van der Waals surface area contributed by atoms with E-state index in [0.717, 1.165) is 11.1 Å². The molecule has 3 aromatic rings. The van der Waals surface area contributed by atoms with Crippen molar-refractivity contribution >= 4 is 5.91 Å². The number of nitrogens with one attached hydrogen (secondary N) is 1. The number of carbonyl (C=O) groups excluding carboxylic acids is 1. The van der Waals surface area contributed by atoms with E-state index < -0.39 is 6.04 Å². The molecule has 1 atom stereocenters. The number of hydrogen-bond acceptors (Lipinski definition) is 2. The highest BCUT2D eigenvalue weighted by molar-refractivity contribution is 5.94. The molecule has 0 aliphatic heterocycles. The number of hydrogen-bond donors (Lipinski definition) is 1. The maximum atomic E-state index is 13.2. The Balaban J connectivity index is 1.94. The van der Waals surface area contributed by atoms with E-state index in [-0.39, 0.29) is 22.8 Å². The van der Waals surface area contributed by atoms with E-state index >= 15 is 0 Å². The van der Waals surface area contributed by atoms with Gasteiger partial charge in [0.25, 0.3) is 11.5 Å². The lowest BCUT2D eigenvalue weighted by Crippen LogP contribution is -2.30. The first-order chi connectivity index (χ1) is 12.0. The maximum absolute atomic E-state index is 13.2. The van der Waals surface area contributed by atoms with Crippen LogP contribution in [0.1, 0.15) is 27.5 Å². The van der Waals surface area contributed by atoms with E-state index in [4.69, 9.17) is 0 Å². The summed E-state index contributed by atoms with van der Waals surface area (Å²) in [5.41, 5.74) is 1.65. The Morgan fingerprint density at radius 1 is 1.00 bits per heavy atom. The summed E-state index contributed by atoms with van der Waals surface area (Å²) in [5, 5.41) is 2.92. The highest BCUT2D eigenvalue weighted by Crippen LogP contribution is 2.22. The predicted molar refractivity (Wildman–Crippen MR) is 93.8 cm³/mol. The first kappa shape index (κ1) is 16.6. The van der Waals surface area contributed by atoms with E-state index in [9.17, 15) is 14.0 Å². The Hall–Kier alpha value is -3.21. The van der Waals surface area contributed by atoms with Crippen LogP contribution in [-0.4, -0.2) is 10.5 Å². The summed E-state index contributed by atoms with van der Waals surface area (Å²) >= 11 is 0. The number of rotatable bonds is 4. The lowest BCUT2D eigenvalue weighted by Gasteiger charge is -2.20. The van der Waals surface area contributed by atoms with Crippen LogP contribution in [-0.2, 0) is 7.05 Å². The number of pyridine rings is 1. The smallest absolute Gasteiger partial charge is 0.252 e. The van der Waals surface area contributed by atoms with Crippen LogP contribution in [0.2, 0.25) is 0 Å². The average molecular weight is 336 g/mol. The molecule has 0 radical (unpaired) electrons. The molecular formula is C20H17FN2O2. The van der Waals surface area contributed by atoms with Gasteiger partial charge in [0.15, 0.2) is 0 Å². The molecule has 0 saturated heterocycles. The average Bonchev–Trinajstić information content (AvgIpc) is 2.63. The number of carbonyl (C=O) groups is 1. The molecule has 0 saturated carbocycles. The molecule has 5 heteroatoms. The minimum atomic E-state index is -0.446. The first-order valence-electron chi connectivity index (χ1n) is 7.82. The SMILES string of the molecule is Cn1ccc(C(=O)N[C@H](c2ccccc2)c2ccc(F)cc2)cc1=O. The summed E-state index contributed by atoms with van der Waals surface area (Å²) in [5.74, 6) is -0.704. The Morgan fingerprint density at radius 3 is 2.28 bits per heavy atom. The zero-order chi connectivity index (χ0) is 17.8. The quantitative estimate of drug-likeness (QED) is 0.796. The molecular weight excluding hydrogens is 319 g/mol. The van der Waals surface area contributed by atoms with Crippen molar-refractivity contribution in [3.05, 3.63) is 106 Å². The summed E-state index contributed by atoms with van der Waals surface area (Å²) < 4.78 is 14.6. The van der Waals surface area contributed by atoms with Gasteiger partial charge < -0.3 is 9.88 Å². The molecule has 0 aliphatic carbocycles. The van der Waals surface area contributed by atoms with Crippen LogP contribution in [0.15, 0.2) is 77.7 Å². The van der Waals surface area contributed by atoms with Crippen LogP contribution < -0.4 is 10.9 Å². The Morgan fingerprint density at radius 2 is 1.64 bits per heavy atom. The summed E-state index contributed by atoms with van der Waals surface area (Å²) in [6.45, 7) is 0. The molecule has 1 heterocycles. The predicted octanol–water partition coefficient (Wildman–Crippen LogP) is 3.04. The number of benzene rings is 2. The van der Waals surface area contributed by atoms with Gasteiger partial charge in [-0.2, -0.15) is 0 Å². The van der Waals surface area contributed by atoms with Crippen molar-refractivity contribution in [1.29, 1.82) is 0 Å². The summed E-state index contributed by atoms with van der Waals surface area (Å²) in [6.07, 6.45) is 1.55. The fourth-order valence-corrected chi connectivity index (χ4v) is 2.56. The monoisotopic (exact) mass is 336 g/mol. The van der Waals surface area contributed by atoms with Gasteiger partial charge in [-0.3, -0.25) is 9.59 Å². The van der Waals surface area contributed by atoms with Crippen LogP contribution in [0.5, 0.6) is 0 Å². The van der Waals surface area contributed by atoms with E-state index in [0.29, 0.717) is 0 Å². The van der Waals surface area contributed by atoms with Gasteiger partial charge in [0.1, 0.15) is 5.82 Å². The molecule has 2 aromatic carbocycles. The lowest BCUT2D eigenvalue weighted by molar-refractivity contribution is 0.0942. The number of halogens is 1. The van der Waals surface area contributed by atoms with E-state index in [1.165, 1.54) is 22.8 Å². The van der Waals surface area contributed by atoms with Crippen molar-refractivity contribution < 1.29 is 9.18 Å². The number of aryl methyl sites for hydroxylation is 1. The molecule has 0 spiro atoms. The van der Waals surface area contributed by atoms with E-state index in [2.05, 4.69) is 5.32 Å². The second-order valence-corrected chi connectivity index (χ2v) is 5.73. The van der Waals surface area contributed by atoms with Crippen LogP contribution in [0.3, 0.4) is 0 Å². The highest BCUT2D eigenvalue weighted by Gasteiger charge is 2.18. The third-order valence-corrected chi connectivity index (χ3v) is 3.98. The summed E-state index contributed by atoms with van der Waals surface area (Å²) in [6, 6.07) is 17.8. The van der Waals surface area contributed by atoms with E-state index in [1.54, 1.807) is 31.4 Å². The van der Waals surface area contributed by atoms with Crippen molar-refractivity contribution in [2.24, 2.45) is 7.05 Å². The molecule has 25 heavy (non-hydrogen) atoms. The number of aromatic nitrogens is 1. The van der Waals surface area contributed by atoms with Gasteiger partial charge >= 0.3 is 0 Å². The molecule has 0 aliphatic rings. The van der Waals surface area contributed by atoms with Gasteiger partial charge in [-0.05, 0) is 29.3 Å². The van der Waals surface area contributed by atoms with Gasteiger partial charge in [-0.25, -0.2) is 4.39 Å². The zero-order valence-corrected chi connectivity index (χ0v) is 13.6. The molecule has 0 bridgehead atoms. The third kappa shape index (κ3) is 3.83. The molecule has 1 amide bonds. The fraction of sp³-hybridized carbons (Fsp3) is 0.100. The van der Waals surface area contributed by atoms with Crippen LogP contribution in [0.4, 0.5) is 4.39 Å². The van der Waals surface area contributed by atoms with Gasteiger partial charge in [0, 0.05) is 24.9 Å². The minimum absolute atomic E-state index is 0.259. The second kappa shape index (κ2) is 7.13. The van der Waals surface area contributed by atoms with Crippen LogP contribution >= 0.6 is 0 Å². The van der Waals surface area contributed by atoms with Crippen LogP contribution in [0.25, 0.3) is 0 Å². The van der Waals surface area contributed by atoms with Crippen molar-refractivity contribution in [3.8, 4) is 0 Å². The van der Waals surface area contributed by atoms with Gasteiger partial charge in [-0.15, -0.1) is 0 Å². The number of amides is 1. The van der Waals surface area contributed by atoms with Crippen molar-refractivity contribution in [2.75, 3.05) is 0 Å². The molecule has 126 valence electrons.